The van der Waals surface area contributed by atoms with Gasteiger partial charge in [-0.1, -0.05) is 30.2 Å². The minimum atomic E-state index is -0.245. The molecular weight excluding hydrogens is 409 g/mol. The predicted octanol–water partition coefficient (Wildman–Crippen LogP) is 3.35. The standard InChI is InChI=1S/C24H32FN5O2/c25-19-7-5-18(6-8-19)23-15-30-22(16-32-23)21(27-28-30)14-29-11-9-20(10-12-29)26-24(31)13-17-3-1-2-4-17/h5-8,17,20,23H,1-4,9-16H2,(H,26,31)/t23-/m1/s1. The Morgan fingerprint density at radius 1 is 1.12 bits per heavy atom. The van der Waals surface area contributed by atoms with Crippen molar-refractivity contribution in [3.63, 3.8) is 0 Å². The van der Waals surface area contributed by atoms with Crippen LogP contribution in [0.5, 0.6) is 0 Å². The van der Waals surface area contributed by atoms with Gasteiger partial charge in [0.1, 0.15) is 17.6 Å². The number of ether oxygens (including phenoxy) is 1. The third-order valence-corrected chi connectivity index (χ3v) is 7.19. The summed E-state index contributed by atoms with van der Waals surface area (Å²) < 4.78 is 21.2. The Labute approximate surface area is 188 Å². The zero-order chi connectivity index (χ0) is 21.9. The zero-order valence-electron chi connectivity index (χ0n) is 18.5. The van der Waals surface area contributed by atoms with E-state index in [4.69, 9.17) is 4.74 Å². The topological polar surface area (TPSA) is 72.3 Å². The summed E-state index contributed by atoms with van der Waals surface area (Å²) in [5.41, 5.74) is 2.94. The normalized spacial score (nSPS) is 22.7. The Morgan fingerprint density at radius 3 is 2.62 bits per heavy atom. The molecule has 2 fully saturated rings. The van der Waals surface area contributed by atoms with Crippen LogP contribution >= 0.6 is 0 Å². The maximum absolute atomic E-state index is 13.2. The van der Waals surface area contributed by atoms with Crippen LogP contribution in [-0.4, -0.2) is 44.9 Å². The third kappa shape index (κ3) is 5.02. The van der Waals surface area contributed by atoms with E-state index >= 15 is 0 Å². The highest BCUT2D eigenvalue weighted by Crippen LogP contribution is 2.29. The van der Waals surface area contributed by atoms with Gasteiger partial charge in [0, 0.05) is 32.1 Å². The number of piperidine rings is 1. The van der Waals surface area contributed by atoms with Gasteiger partial charge in [0.15, 0.2) is 0 Å². The van der Waals surface area contributed by atoms with E-state index in [1.165, 1.54) is 37.8 Å². The summed E-state index contributed by atoms with van der Waals surface area (Å²) in [4.78, 5) is 14.7. The number of likely N-dealkylation sites (tertiary alicyclic amines) is 1. The lowest BCUT2D eigenvalue weighted by Crippen LogP contribution is -2.44. The molecule has 1 atom stereocenters. The first-order valence-corrected chi connectivity index (χ1v) is 11.9. The first-order valence-electron chi connectivity index (χ1n) is 11.9. The van der Waals surface area contributed by atoms with Gasteiger partial charge in [-0.05, 0) is 49.3 Å². The Morgan fingerprint density at radius 2 is 1.88 bits per heavy atom. The number of hydrogen-bond acceptors (Lipinski definition) is 5. The monoisotopic (exact) mass is 441 g/mol. The van der Waals surface area contributed by atoms with Crippen molar-refractivity contribution in [3.8, 4) is 0 Å². The molecule has 1 N–H and O–H groups in total. The van der Waals surface area contributed by atoms with Gasteiger partial charge in [-0.15, -0.1) is 5.10 Å². The van der Waals surface area contributed by atoms with Gasteiger partial charge in [0.05, 0.1) is 18.8 Å². The number of hydrogen-bond donors (Lipinski definition) is 1. The van der Waals surface area contributed by atoms with E-state index in [-0.39, 0.29) is 23.9 Å². The van der Waals surface area contributed by atoms with Gasteiger partial charge in [-0.2, -0.15) is 0 Å². The first-order chi connectivity index (χ1) is 15.6. The van der Waals surface area contributed by atoms with E-state index in [1.54, 1.807) is 12.1 Å². The molecule has 8 heteroatoms. The molecular formula is C24H32FN5O2. The van der Waals surface area contributed by atoms with Gasteiger partial charge < -0.3 is 10.1 Å². The van der Waals surface area contributed by atoms with Gasteiger partial charge in [0.2, 0.25) is 5.91 Å². The number of nitrogens with one attached hydrogen (secondary N) is 1. The fraction of sp³-hybridized carbons (Fsp3) is 0.625. The zero-order valence-corrected chi connectivity index (χ0v) is 18.5. The van der Waals surface area contributed by atoms with E-state index in [2.05, 4.69) is 20.5 Å². The van der Waals surface area contributed by atoms with Crippen LogP contribution in [-0.2, 0) is 29.2 Å². The van der Waals surface area contributed by atoms with E-state index < -0.39 is 0 Å². The highest BCUT2D eigenvalue weighted by molar-refractivity contribution is 5.76. The molecule has 1 saturated carbocycles. The summed E-state index contributed by atoms with van der Waals surface area (Å²) >= 11 is 0. The fourth-order valence-corrected chi connectivity index (χ4v) is 5.27. The average molecular weight is 442 g/mol. The molecule has 0 unspecified atom stereocenters. The van der Waals surface area contributed by atoms with Crippen molar-refractivity contribution in [3.05, 3.63) is 47.0 Å². The number of halogens is 1. The quantitative estimate of drug-likeness (QED) is 0.744. The van der Waals surface area contributed by atoms with Crippen LogP contribution in [0.25, 0.3) is 0 Å². The highest BCUT2D eigenvalue weighted by atomic mass is 19.1. The van der Waals surface area contributed by atoms with E-state index in [0.29, 0.717) is 25.5 Å². The lowest BCUT2D eigenvalue weighted by atomic mass is 10.0. The molecule has 0 bridgehead atoms. The van der Waals surface area contributed by atoms with Crippen LogP contribution < -0.4 is 5.32 Å². The summed E-state index contributed by atoms with van der Waals surface area (Å²) in [6, 6.07) is 6.73. The molecule has 7 nitrogen and oxygen atoms in total. The van der Waals surface area contributed by atoms with Gasteiger partial charge in [0.25, 0.3) is 0 Å². The second-order valence-corrected chi connectivity index (χ2v) is 9.49. The molecule has 0 spiro atoms. The fourth-order valence-electron chi connectivity index (χ4n) is 5.27. The molecule has 5 rings (SSSR count). The maximum atomic E-state index is 13.2. The van der Waals surface area contributed by atoms with E-state index in [1.807, 2.05) is 4.68 Å². The van der Waals surface area contributed by atoms with Crippen LogP contribution in [0.3, 0.4) is 0 Å². The van der Waals surface area contributed by atoms with E-state index in [0.717, 1.165) is 49.4 Å². The Bertz CT molecular complexity index is 917. The largest absolute Gasteiger partial charge is 0.365 e. The van der Waals surface area contributed by atoms with Crippen molar-refractivity contribution in [1.82, 2.24) is 25.2 Å². The molecule has 1 aliphatic carbocycles. The Hall–Kier alpha value is -2.32. The molecule has 3 aliphatic rings. The summed E-state index contributed by atoms with van der Waals surface area (Å²) in [6.45, 7) is 3.68. The van der Waals surface area contributed by atoms with E-state index in [9.17, 15) is 9.18 Å². The van der Waals surface area contributed by atoms with Crippen molar-refractivity contribution >= 4 is 5.91 Å². The Balaban J connectivity index is 1.10. The number of nitrogens with zero attached hydrogens (tertiary/aromatic N) is 4. The van der Waals surface area contributed by atoms with Gasteiger partial charge in [-0.3, -0.25) is 9.69 Å². The number of rotatable bonds is 6. The summed E-state index contributed by atoms with van der Waals surface area (Å²) in [5, 5.41) is 12.0. The van der Waals surface area contributed by atoms with Crippen molar-refractivity contribution in [2.24, 2.45) is 5.92 Å². The molecule has 1 amide bonds. The van der Waals surface area contributed by atoms with Crippen LogP contribution in [0.15, 0.2) is 24.3 Å². The minimum absolute atomic E-state index is 0.138. The summed E-state index contributed by atoms with van der Waals surface area (Å²) in [7, 11) is 0. The molecule has 2 aromatic rings. The maximum Gasteiger partial charge on any atom is 0.220 e. The first kappa shape index (κ1) is 21.5. The molecule has 3 heterocycles. The molecule has 1 aromatic heterocycles. The molecule has 172 valence electrons. The predicted molar refractivity (Wildman–Crippen MR) is 117 cm³/mol. The smallest absolute Gasteiger partial charge is 0.220 e. The number of amides is 1. The number of aromatic nitrogens is 3. The second kappa shape index (κ2) is 9.67. The number of benzene rings is 1. The average Bonchev–Trinajstić information content (AvgIpc) is 3.45. The Kier molecular flexibility index (Phi) is 6.50. The van der Waals surface area contributed by atoms with Crippen LogP contribution in [0.4, 0.5) is 4.39 Å². The van der Waals surface area contributed by atoms with Crippen molar-refractivity contribution < 1.29 is 13.9 Å². The van der Waals surface area contributed by atoms with Crippen LogP contribution in [0, 0.1) is 11.7 Å². The molecule has 2 aliphatic heterocycles. The summed E-state index contributed by atoms with van der Waals surface area (Å²) in [6.07, 6.45) is 7.49. The second-order valence-electron chi connectivity index (χ2n) is 9.49. The SMILES string of the molecule is O=C(CC1CCCC1)NC1CCN(Cc2nnn3c2CO[C@@H](c2ccc(F)cc2)C3)CC1. The lowest BCUT2D eigenvalue weighted by molar-refractivity contribution is -0.123. The van der Waals surface area contributed by atoms with Crippen LogP contribution in [0.2, 0.25) is 0 Å². The van der Waals surface area contributed by atoms with Gasteiger partial charge in [-0.25, -0.2) is 9.07 Å². The van der Waals surface area contributed by atoms with Crippen molar-refractivity contribution in [2.75, 3.05) is 13.1 Å². The van der Waals surface area contributed by atoms with Gasteiger partial charge >= 0.3 is 0 Å². The minimum Gasteiger partial charge on any atom is -0.365 e. The number of carbonyl (C=O) groups excluding carboxylic acids is 1. The third-order valence-electron chi connectivity index (χ3n) is 7.19. The molecule has 1 aromatic carbocycles. The highest BCUT2D eigenvalue weighted by Gasteiger charge is 2.28. The van der Waals surface area contributed by atoms with Crippen molar-refractivity contribution in [2.45, 2.75) is 76.8 Å². The summed E-state index contributed by atoms with van der Waals surface area (Å²) in [5.74, 6) is 0.584. The number of carbonyl (C=O) groups is 1. The number of fused-ring (bicyclic) bond motifs is 1. The lowest BCUT2D eigenvalue weighted by Gasteiger charge is -2.32. The van der Waals surface area contributed by atoms with Crippen molar-refractivity contribution in [1.29, 1.82) is 0 Å². The van der Waals surface area contributed by atoms with Crippen LogP contribution in [0.1, 0.15) is 68.0 Å². The molecule has 1 saturated heterocycles. The molecule has 0 radical (unpaired) electrons. The molecule has 32 heavy (non-hydrogen) atoms.